The Balaban J connectivity index is 1.97. The van der Waals surface area contributed by atoms with E-state index in [0.29, 0.717) is 11.4 Å². The number of sulfonamides is 1. The number of benzene rings is 3. The van der Waals surface area contributed by atoms with Crippen molar-refractivity contribution in [2.75, 3.05) is 22.4 Å². The minimum absolute atomic E-state index is 0.147. The lowest BCUT2D eigenvalue weighted by Gasteiger charge is -2.25. The zero-order chi connectivity index (χ0) is 21.7. The SMILES string of the molecule is CSc1ccccc1NC(=O)CN(c1ccccc1C)S(=O)(=O)c1ccc(C)cc1. The normalized spacial score (nSPS) is 11.2. The molecular weight excluding hydrogens is 416 g/mol. The van der Waals surface area contributed by atoms with Crippen molar-refractivity contribution in [1.82, 2.24) is 0 Å². The molecule has 7 heteroatoms. The van der Waals surface area contributed by atoms with Crippen molar-refractivity contribution < 1.29 is 13.2 Å². The van der Waals surface area contributed by atoms with E-state index in [0.717, 1.165) is 16.0 Å². The van der Waals surface area contributed by atoms with E-state index in [1.807, 2.05) is 50.4 Å². The first-order valence-electron chi connectivity index (χ1n) is 9.41. The summed E-state index contributed by atoms with van der Waals surface area (Å²) in [6, 6.07) is 21.2. The number of anilines is 2. The fourth-order valence-corrected chi connectivity index (χ4v) is 5.09. The quantitative estimate of drug-likeness (QED) is 0.533. The first kappa shape index (κ1) is 21.9. The van der Waals surface area contributed by atoms with Crippen LogP contribution in [-0.4, -0.2) is 27.1 Å². The van der Waals surface area contributed by atoms with Crippen LogP contribution in [0.2, 0.25) is 0 Å². The van der Waals surface area contributed by atoms with Gasteiger partial charge in [-0.1, -0.05) is 48.0 Å². The molecule has 0 bridgehead atoms. The van der Waals surface area contributed by atoms with Crippen LogP contribution in [0.15, 0.2) is 82.6 Å². The average molecular weight is 441 g/mol. The number of hydrogen-bond donors (Lipinski definition) is 1. The van der Waals surface area contributed by atoms with E-state index >= 15 is 0 Å². The number of aryl methyl sites for hydroxylation is 2. The molecule has 156 valence electrons. The van der Waals surface area contributed by atoms with Gasteiger partial charge in [0.15, 0.2) is 0 Å². The van der Waals surface area contributed by atoms with Crippen LogP contribution >= 0.6 is 11.8 Å². The molecule has 5 nitrogen and oxygen atoms in total. The maximum absolute atomic E-state index is 13.4. The van der Waals surface area contributed by atoms with Crippen LogP contribution in [0.25, 0.3) is 0 Å². The first-order chi connectivity index (χ1) is 14.3. The molecule has 0 aliphatic rings. The minimum atomic E-state index is -3.93. The van der Waals surface area contributed by atoms with Gasteiger partial charge in [-0.2, -0.15) is 0 Å². The Labute approximate surface area is 182 Å². The lowest BCUT2D eigenvalue weighted by molar-refractivity contribution is -0.114. The van der Waals surface area contributed by atoms with Gasteiger partial charge >= 0.3 is 0 Å². The summed E-state index contributed by atoms with van der Waals surface area (Å²) >= 11 is 1.51. The zero-order valence-electron chi connectivity index (χ0n) is 17.1. The summed E-state index contributed by atoms with van der Waals surface area (Å²) in [5.74, 6) is -0.407. The summed E-state index contributed by atoms with van der Waals surface area (Å²) < 4.78 is 28.1. The monoisotopic (exact) mass is 440 g/mol. The predicted octanol–water partition coefficient (Wildman–Crippen LogP) is 4.86. The molecule has 3 aromatic carbocycles. The molecule has 0 aliphatic heterocycles. The molecule has 0 saturated carbocycles. The van der Waals surface area contributed by atoms with Crippen LogP contribution in [0, 0.1) is 13.8 Å². The summed E-state index contributed by atoms with van der Waals surface area (Å²) in [4.78, 5) is 13.9. The molecule has 1 amide bonds. The number of nitrogens with one attached hydrogen (secondary N) is 1. The van der Waals surface area contributed by atoms with Crippen LogP contribution in [0.1, 0.15) is 11.1 Å². The van der Waals surface area contributed by atoms with Crippen LogP contribution < -0.4 is 9.62 Å². The molecule has 1 N–H and O–H groups in total. The van der Waals surface area contributed by atoms with Gasteiger partial charge in [-0.3, -0.25) is 9.10 Å². The van der Waals surface area contributed by atoms with Gasteiger partial charge in [0.25, 0.3) is 10.0 Å². The average Bonchev–Trinajstić information content (AvgIpc) is 2.73. The third kappa shape index (κ3) is 4.86. The molecule has 30 heavy (non-hydrogen) atoms. The number of hydrogen-bond acceptors (Lipinski definition) is 4. The van der Waals surface area contributed by atoms with Gasteiger partial charge in [0.2, 0.25) is 5.91 Å². The maximum Gasteiger partial charge on any atom is 0.264 e. The number of nitrogens with zero attached hydrogens (tertiary/aromatic N) is 1. The summed E-state index contributed by atoms with van der Waals surface area (Å²) in [6.45, 7) is 3.39. The number of amides is 1. The number of carbonyl (C=O) groups is 1. The minimum Gasteiger partial charge on any atom is -0.323 e. The van der Waals surface area contributed by atoms with Crippen molar-refractivity contribution in [2.24, 2.45) is 0 Å². The second-order valence-electron chi connectivity index (χ2n) is 6.86. The fourth-order valence-electron chi connectivity index (χ4n) is 3.05. The van der Waals surface area contributed by atoms with E-state index in [-0.39, 0.29) is 11.4 Å². The Hall–Kier alpha value is -2.77. The second kappa shape index (κ2) is 9.36. The molecule has 3 aromatic rings. The Bertz CT molecular complexity index is 1140. The fraction of sp³-hybridized carbons (Fsp3) is 0.174. The van der Waals surface area contributed by atoms with Crippen LogP contribution in [0.5, 0.6) is 0 Å². The molecule has 0 unspecified atom stereocenters. The van der Waals surface area contributed by atoms with Crippen LogP contribution in [0.3, 0.4) is 0 Å². The van der Waals surface area contributed by atoms with Gasteiger partial charge in [-0.05, 0) is 56.0 Å². The summed E-state index contributed by atoms with van der Waals surface area (Å²) in [7, 11) is -3.93. The van der Waals surface area contributed by atoms with Crippen molar-refractivity contribution >= 4 is 39.1 Å². The van der Waals surface area contributed by atoms with Crippen LogP contribution in [-0.2, 0) is 14.8 Å². The number of thioether (sulfide) groups is 1. The molecule has 0 heterocycles. The van der Waals surface area contributed by atoms with Crippen molar-refractivity contribution in [3.8, 4) is 0 Å². The number of para-hydroxylation sites is 2. The lowest BCUT2D eigenvalue weighted by atomic mass is 10.2. The highest BCUT2D eigenvalue weighted by molar-refractivity contribution is 7.98. The van der Waals surface area contributed by atoms with Gasteiger partial charge in [0.05, 0.1) is 16.3 Å². The highest BCUT2D eigenvalue weighted by Crippen LogP contribution is 2.28. The van der Waals surface area contributed by atoms with Gasteiger partial charge in [0, 0.05) is 4.90 Å². The Morgan fingerprint density at radius 2 is 1.57 bits per heavy atom. The van der Waals surface area contributed by atoms with E-state index in [1.165, 1.54) is 16.1 Å². The summed E-state index contributed by atoms with van der Waals surface area (Å²) in [5, 5.41) is 2.85. The highest BCUT2D eigenvalue weighted by Gasteiger charge is 2.28. The third-order valence-electron chi connectivity index (χ3n) is 4.66. The predicted molar refractivity (Wildman–Crippen MR) is 124 cm³/mol. The standard InChI is InChI=1S/C23H24N2O3S2/c1-17-12-14-19(15-13-17)30(27,28)25(21-10-6-4-8-18(21)2)16-23(26)24-20-9-5-7-11-22(20)29-3/h4-15H,16H2,1-3H3,(H,24,26). The largest absolute Gasteiger partial charge is 0.323 e. The second-order valence-corrected chi connectivity index (χ2v) is 9.57. The molecule has 0 fully saturated rings. The third-order valence-corrected chi connectivity index (χ3v) is 7.23. The van der Waals surface area contributed by atoms with E-state index in [1.54, 1.807) is 42.5 Å². The van der Waals surface area contributed by atoms with E-state index in [9.17, 15) is 13.2 Å². The molecule has 0 saturated heterocycles. The molecule has 0 aliphatic carbocycles. The molecule has 0 atom stereocenters. The van der Waals surface area contributed by atoms with Gasteiger partial charge in [-0.15, -0.1) is 11.8 Å². The Morgan fingerprint density at radius 3 is 2.23 bits per heavy atom. The highest BCUT2D eigenvalue weighted by atomic mass is 32.2. The zero-order valence-corrected chi connectivity index (χ0v) is 18.8. The van der Waals surface area contributed by atoms with Crippen LogP contribution in [0.4, 0.5) is 11.4 Å². The van der Waals surface area contributed by atoms with E-state index in [4.69, 9.17) is 0 Å². The number of carbonyl (C=O) groups excluding carboxylic acids is 1. The van der Waals surface area contributed by atoms with Gasteiger partial charge < -0.3 is 5.32 Å². The van der Waals surface area contributed by atoms with E-state index < -0.39 is 15.9 Å². The molecule has 0 radical (unpaired) electrons. The summed E-state index contributed by atoms with van der Waals surface area (Å²) in [6.07, 6.45) is 1.92. The van der Waals surface area contributed by atoms with Crippen molar-refractivity contribution in [2.45, 2.75) is 23.6 Å². The molecule has 3 rings (SSSR count). The molecule has 0 spiro atoms. The molecular formula is C23H24N2O3S2. The smallest absolute Gasteiger partial charge is 0.264 e. The topological polar surface area (TPSA) is 66.5 Å². The summed E-state index contributed by atoms with van der Waals surface area (Å²) in [5.41, 5.74) is 2.87. The number of rotatable bonds is 7. The van der Waals surface area contributed by atoms with E-state index in [2.05, 4.69) is 5.32 Å². The maximum atomic E-state index is 13.4. The van der Waals surface area contributed by atoms with Crippen molar-refractivity contribution in [3.63, 3.8) is 0 Å². The molecule has 0 aromatic heterocycles. The van der Waals surface area contributed by atoms with Crippen molar-refractivity contribution in [3.05, 3.63) is 83.9 Å². The van der Waals surface area contributed by atoms with Gasteiger partial charge in [-0.25, -0.2) is 8.42 Å². The first-order valence-corrected chi connectivity index (χ1v) is 12.1. The Kier molecular flexibility index (Phi) is 6.84. The lowest BCUT2D eigenvalue weighted by Crippen LogP contribution is -2.38. The Morgan fingerprint density at radius 1 is 0.933 bits per heavy atom. The van der Waals surface area contributed by atoms with Crippen molar-refractivity contribution in [1.29, 1.82) is 0 Å². The van der Waals surface area contributed by atoms with Gasteiger partial charge in [0.1, 0.15) is 6.54 Å².